The molecule has 1 aliphatic heterocycles. The molecule has 0 atom stereocenters. The van der Waals surface area contributed by atoms with Gasteiger partial charge in [0.05, 0.1) is 23.7 Å². The van der Waals surface area contributed by atoms with Crippen LogP contribution in [0.1, 0.15) is 29.6 Å². The van der Waals surface area contributed by atoms with Crippen LogP contribution in [0.2, 0.25) is 0 Å². The van der Waals surface area contributed by atoms with Gasteiger partial charge < -0.3 is 5.32 Å². The molecule has 3 heterocycles. The minimum atomic E-state index is -0.387. The van der Waals surface area contributed by atoms with Gasteiger partial charge in [0.25, 0.3) is 5.91 Å². The molecule has 0 fully saturated rings. The topological polar surface area (TPSA) is 100 Å². The van der Waals surface area contributed by atoms with Crippen LogP contribution in [0.4, 0.5) is 0 Å². The summed E-state index contributed by atoms with van der Waals surface area (Å²) in [5.41, 5.74) is 1.56. The van der Waals surface area contributed by atoms with Crippen molar-refractivity contribution in [3.05, 3.63) is 24.2 Å². The predicted molar refractivity (Wildman–Crippen MR) is 83.4 cm³/mol. The van der Waals surface area contributed by atoms with Crippen LogP contribution < -0.4 is 5.32 Å². The Labute approximate surface area is 133 Å². The van der Waals surface area contributed by atoms with Crippen LogP contribution in [0, 0.1) is 12.3 Å². The van der Waals surface area contributed by atoms with Crippen molar-refractivity contribution < 1.29 is 4.79 Å². The SMILES string of the molecule is C#CCCC1(CCNC(=O)c2cn[nH]c2-c2cnn(C)c2)N=N1. The van der Waals surface area contributed by atoms with Crippen molar-refractivity contribution in [2.45, 2.75) is 24.9 Å². The van der Waals surface area contributed by atoms with E-state index in [0.717, 1.165) is 12.0 Å². The summed E-state index contributed by atoms with van der Waals surface area (Å²) in [4.78, 5) is 12.3. The van der Waals surface area contributed by atoms with Crippen molar-refractivity contribution in [3.63, 3.8) is 0 Å². The molecule has 0 radical (unpaired) electrons. The van der Waals surface area contributed by atoms with Crippen LogP contribution >= 0.6 is 0 Å². The molecule has 2 aromatic heterocycles. The molecule has 0 spiro atoms. The largest absolute Gasteiger partial charge is 0.352 e. The van der Waals surface area contributed by atoms with Crippen LogP contribution in [0.3, 0.4) is 0 Å². The summed E-state index contributed by atoms with van der Waals surface area (Å²) in [6.45, 7) is 0.480. The number of H-pyrrole nitrogens is 1. The van der Waals surface area contributed by atoms with Crippen LogP contribution in [0.15, 0.2) is 28.8 Å². The van der Waals surface area contributed by atoms with Gasteiger partial charge in [-0.1, -0.05) is 0 Å². The van der Waals surface area contributed by atoms with Crippen LogP contribution in [0.25, 0.3) is 11.3 Å². The first-order valence-electron chi connectivity index (χ1n) is 7.32. The molecule has 2 aromatic rings. The lowest BCUT2D eigenvalue weighted by Gasteiger charge is -2.09. The first-order valence-corrected chi connectivity index (χ1v) is 7.32. The number of aromatic amines is 1. The molecule has 23 heavy (non-hydrogen) atoms. The van der Waals surface area contributed by atoms with Crippen molar-refractivity contribution in [1.29, 1.82) is 0 Å². The first kappa shape index (κ1) is 15.0. The molecular weight excluding hydrogens is 294 g/mol. The standard InChI is InChI=1S/C15H17N7O/c1-3-4-5-15(20-21-15)6-7-16-14(23)12-9-17-19-13(12)11-8-18-22(2)10-11/h1,8-10H,4-7H2,2H3,(H,16,23)(H,17,19). The second-order valence-electron chi connectivity index (χ2n) is 5.45. The number of carbonyl (C=O) groups excluding carboxylic acids is 1. The maximum atomic E-state index is 12.3. The average molecular weight is 311 g/mol. The number of rotatable bonds is 7. The highest BCUT2D eigenvalue weighted by molar-refractivity contribution is 5.99. The smallest absolute Gasteiger partial charge is 0.255 e. The van der Waals surface area contributed by atoms with E-state index in [2.05, 4.69) is 36.8 Å². The van der Waals surface area contributed by atoms with Crippen LogP contribution in [-0.2, 0) is 7.05 Å². The van der Waals surface area contributed by atoms with E-state index in [4.69, 9.17) is 6.42 Å². The molecule has 0 saturated heterocycles. The average Bonchev–Trinajstić information content (AvgIpc) is 2.95. The maximum Gasteiger partial charge on any atom is 0.255 e. The van der Waals surface area contributed by atoms with Crippen molar-refractivity contribution in [3.8, 4) is 23.6 Å². The monoisotopic (exact) mass is 311 g/mol. The number of amides is 1. The van der Waals surface area contributed by atoms with Gasteiger partial charge in [-0.05, 0) is 0 Å². The number of terminal acetylenes is 1. The number of aryl methyl sites for hydroxylation is 1. The Hall–Kier alpha value is -2.95. The van der Waals surface area contributed by atoms with E-state index in [1.807, 2.05) is 13.2 Å². The number of nitrogens with one attached hydrogen (secondary N) is 2. The third-order valence-corrected chi connectivity index (χ3v) is 3.74. The Morgan fingerprint density at radius 3 is 2.91 bits per heavy atom. The van der Waals surface area contributed by atoms with Crippen molar-refractivity contribution in [2.75, 3.05) is 6.54 Å². The van der Waals surface area contributed by atoms with Crippen molar-refractivity contribution >= 4 is 5.91 Å². The fourth-order valence-corrected chi connectivity index (χ4v) is 2.37. The molecule has 0 saturated carbocycles. The lowest BCUT2D eigenvalue weighted by Crippen LogP contribution is -2.28. The minimum absolute atomic E-state index is 0.189. The van der Waals surface area contributed by atoms with Crippen molar-refractivity contribution in [2.24, 2.45) is 17.3 Å². The molecule has 0 bridgehead atoms. The normalized spacial score (nSPS) is 14.4. The third-order valence-electron chi connectivity index (χ3n) is 3.74. The summed E-state index contributed by atoms with van der Waals surface area (Å²) in [5.74, 6) is 2.40. The minimum Gasteiger partial charge on any atom is -0.352 e. The van der Waals surface area contributed by atoms with Gasteiger partial charge in [-0.3, -0.25) is 14.6 Å². The molecule has 8 heteroatoms. The summed E-state index contributed by atoms with van der Waals surface area (Å²) in [7, 11) is 1.82. The Balaban J connectivity index is 1.58. The molecule has 0 unspecified atom stereocenters. The van der Waals surface area contributed by atoms with Gasteiger partial charge in [0.15, 0.2) is 5.66 Å². The number of carbonyl (C=O) groups is 1. The molecule has 8 nitrogen and oxygen atoms in total. The molecule has 118 valence electrons. The van der Waals surface area contributed by atoms with Gasteiger partial charge in [-0.25, -0.2) is 0 Å². The van der Waals surface area contributed by atoms with Gasteiger partial charge in [0.2, 0.25) is 0 Å². The Kier molecular flexibility index (Phi) is 3.93. The zero-order valence-corrected chi connectivity index (χ0v) is 12.8. The highest BCUT2D eigenvalue weighted by Gasteiger charge is 2.38. The van der Waals surface area contributed by atoms with Crippen LogP contribution in [0.5, 0.6) is 0 Å². The molecule has 1 aliphatic rings. The zero-order valence-electron chi connectivity index (χ0n) is 12.8. The lowest BCUT2D eigenvalue weighted by molar-refractivity contribution is 0.0952. The highest BCUT2D eigenvalue weighted by Crippen LogP contribution is 2.36. The quantitative estimate of drug-likeness (QED) is 0.758. The van der Waals surface area contributed by atoms with Gasteiger partial charge in [-0.15, -0.1) is 12.3 Å². The van der Waals surface area contributed by atoms with Gasteiger partial charge in [0, 0.05) is 44.6 Å². The van der Waals surface area contributed by atoms with E-state index in [0.29, 0.717) is 30.6 Å². The molecular formula is C15H17N7O. The third kappa shape index (κ3) is 3.29. The van der Waals surface area contributed by atoms with Crippen molar-refractivity contribution in [1.82, 2.24) is 25.3 Å². The fraction of sp³-hybridized carbons (Fsp3) is 0.400. The molecule has 3 rings (SSSR count). The molecule has 2 N–H and O–H groups in total. The fourth-order valence-electron chi connectivity index (χ4n) is 2.37. The summed E-state index contributed by atoms with van der Waals surface area (Å²) < 4.78 is 1.67. The first-order chi connectivity index (χ1) is 11.1. The summed E-state index contributed by atoms with van der Waals surface area (Å²) >= 11 is 0. The zero-order chi connectivity index (χ0) is 16.3. The predicted octanol–water partition coefficient (Wildman–Crippen LogP) is 1.51. The number of hydrogen-bond donors (Lipinski definition) is 2. The maximum absolute atomic E-state index is 12.3. The Morgan fingerprint density at radius 2 is 2.26 bits per heavy atom. The Morgan fingerprint density at radius 1 is 1.43 bits per heavy atom. The van der Waals surface area contributed by atoms with Gasteiger partial charge >= 0.3 is 0 Å². The lowest BCUT2D eigenvalue weighted by atomic mass is 10.0. The van der Waals surface area contributed by atoms with E-state index in [-0.39, 0.29) is 11.6 Å². The van der Waals surface area contributed by atoms with Gasteiger partial charge in [-0.2, -0.15) is 20.4 Å². The summed E-state index contributed by atoms with van der Waals surface area (Å²) in [6.07, 6.45) is 12.3. The highest BCUT2D eigenvalue weighted by atomic mass is 16.1. The van der Waals surface area contributed by atoms with Gasteiger partial charge in [0.1, 0.15) is 0 Å². The van der Waals surface area contributed by atoms with E-state index in [1.165, 1.54) is 6.20 Å². The van der Waals surface area contributed by atoms with E-state index in [1.54, 1.807) is 10.9 Å². The Bertz CT molecular complexity index is 774. The number of aromatic nitrogens is 4. The number of hydrogen-bond acceptors (Lipinski definition) is 5. The molecule has 0 aromatic carbocycles. The van der Waals surface area contributed by atoms with E-state index in [9.17, 15) is 4.79 Å². The van der Waals surface area contributed by atoms with E-state index >= 15 is 0 Å². The number of nitrogens with zero attached hydrogens (tertiary/aromatic N) is 5. The van der Waals surface area contributed by atoms with E-state index < -0.39 is 0 Å². The van der Waals surface area contributed by atoms with Crippen LogP contribution in [-0.4, -0.2) is 38.1 Å². The summed E-state index contributed by atoms with van der Waals surface area (Å²) in [5, 5.41) is 21.9. The molecule has 0 aliphatic carbocycles. The summed E-state index contributed by atoms with van der Waals surface area (Å²) in [6, 6.07) is 0. The molecule has 1 amide bonds. The second-order valence-corrected chi connectivity index (χ2v) is 5.45. The second kappa shape index (κ2) is 6.04.